The van der Waals surface area contributed by atoms with E-state index in [1.54, 1.807) is 6.07 Å². The fraction of sp³-hybridized carbons (Fsp3) is 0.375. The maximum Gasteiger partial charge on any atom is 0.228 e. The van der Waals surface area contributed by atoms with E-state index in [1.165, 1.54) is 6.20 Å². The molecule has 1 unspecified atom stereocenters. The molecule has 2 N–H and O–H groups in total. The summed E-state index contributed by atoms with van der Waals surface area (Å²) >= 11 is 0. The first-order valence-electron chi connectivity index (χ1n) is 11.3. The van der Waals surface area contributed by atoms with E-state index in [-0.39, 0.29) is 23.7 Å². The third-order valence-electron chi connectivity index (χ3n) is 6.28. The van der Waals surface area contributed by atoms with Crippen molar-refractivity contribution in [1.29, 1.82) is 0 Å². The van der Waals surface area contributed by atoms with Gasteiger partial charge in [0, 0.05) is 31.6 Å². The van der Waals surface area contributed by atoms with Crippen LogP contribution in [0.2, 0.25) is 0 Å². The topological polar surface area (TPSA) is 105 Å². The SMILES string of the molecule is CCC(=O)c1cnc(NC(=O)C2CC2)cc1Nc1cccc2c1N(C)C(C)c1nc(C)nn1-2. The van der Waals surface area contributed by atoms with Gasteiger partial charge in [-0.2, -0.15) is 5.10 Å². The molecule has 9 heteroatoms. The molecule has 2 aliphatic rings. The van der Waals surface area contributed by atoms with Gasteiger partial charge in [-0.1, -0.05) is 13.0 Å². The smallest absolute Gasteiger partial charge is 0.228 e. The summed E-state index contributed by atoms with van der Waals surface area (Å²) in [5, 5.41) is 10.9. The van der Waals surface area contributed by atoms with Crippen molar-refractivity contribution in [3.63, 3.8) is 0 Å². The van der Waals surface area contributed by atoms with Crippen molar-refractivity contribution in [2.45, 2.75) is 46.1 Å². The Kier molecular flexibility index (Phi) is 5.11. The van der Waals surface area contributed by atoms with Crippen molar-refractivity contribution in [2.75, 3.05) is 22.6 Å². The highest BCUT2D eigenvalue weighted by molar-refractivity contribution is 6.03. The Morgan fingerprint density at radius 1 is 1.21 bits per heavy atom. The highest BCUT2D eigenvalue weighted by atomic mass is 16.2. The number of para-hydroxylation sites is 1. The third-order valence-corrected chi connectivity index (χ3v) is 6.28. The van der Waals surface area contributed by atoms with Crippen LogP contribution in [0.3, 0.4) is 0 Å². The van der Waals surface area contributed by atoms with Gasteiger partial charge in [-0.25, -0.2) is 14.6 Å². The second kappa shape index (κ2) is 7.99. The Morgan fingerprint density at radius 3 is 2.73 bits per heavy atom. The van der Waals surface area contributed by atoms with Crippen LogP contribution in [-0.4, -0.2) is 38.5 Å². The number of carbonyl (C=O) groups excluding carboxylic acids is 2. The van der Waals surface area contributed by atoms with E-state index in [0.29, 0.717) is 23.5 Å². The highest BCUT2D eigenvalue weighted by Gasteiger charge is 2.32. The van der Waals surface area contributed by atoms with Crippen molar-refractivity contribution < 1.29 is 9.59 Å². The zero-order valence-electron chi connectivity index (χ0n) is 19.2. The number of benzene rings is 1. The average molecular weight is 446 g/mol. The Bertz CT molecular complexity index is 1260. The van der Waals surface area contributed by atoms with E-state index >= 15 is 0 Å². The molecule has 1 atom stereocenters. The minimum atomic E-state index is -0.0252. The number of rotatable bonds is 6. The van der Waals surface area contributed by atoms with E-state index in [9.17, 15) is 9.59 Å². The molecular formula is C24H27N7O2. The van der Waals surface area contributed by atoms with Gasteiger partial charge in [0.15, 0.2) is 11.6 Å². The molecule has 3 aromatic rings. The lowest BCUT2D eigenvalue weighted by atomic mass is 10.1. The molecule has 0 spiro atoms. The van der Waals surface area contributed by atoms with Gasteiger partial charge in [-0.15, -0.1) is 0 Å². The summed E-state index contributed by atoms with van der Waals surface area (Å²) in [4.78, 5) is 36.0. The number of ketones is 1. The second-order valence-corrected chi connectivity index (χ2v) is 8.67. The van der Waals surface area contributed by atoms with E-state index in [1.807, 2.05) is 43.8 Å². The van der Waals surface area contributed by atoms with Crippen LogP contribution in [0.4, 0.5) is 22.9 Å². The molecule has 2 aromatic heterocycles. The standard InChI is InChI=1S/C24H27N7O2/c1-5-20(32)16-12-25-21(28-24(33)15-9-10-15)11-18(16)27-17-7-6-8-19-22(17)30(4)13(2)23-26-14(3)29-31(19)23/h6-8,11-13,15H,5,9-10H2,1-4H3,(H2,25,27,28,33). The first-order chi connectivity index (χ1) is 15.9. The second-order valence-electron chi connectivity index (χ2n) is 8.67. The van der Waals surface area contributed by atoms with Gasteiger partial charge in [0.2, 0.25) is 5.91 Å². The van der Waals surface area contributed by atoms with Crippen LogP contribution in [0.25, 0.3) is 5.69 Å². The van der Waals surface area contributed by atoms with Gasteiger partial charge in [0.1, 0.15) is 11.6 Å². The van der Waals surface area contributed by atoms with Crippen molar-refractivity contribution >= 4 is 34.6 Å². The predicted molar refractivity (Wildman–Crippen MR) is 126 cm³/mol. The number of nitrogens with one attached hydrogen (secondary N) is 2. The summed E-state index contributed by atoms with van der Waals surface area (Å²) in [6.07, 6.45) is 3.72. The summed E-state index contributed by atoms with van der Waals surface area (Å²) in [7, 11) is 2.02. The molecule has 0 bridgehead atoms. The zero-order valence-corrected chi connectivity index (χ0v) is 19.2. The van der Waals surface area contributed by atoms with Gasteiger partial charge in [0.05, 0.1) is 34.4 Å². The normalized spacial score (nSPS) is 16.7. The van der Waals surface area contributed by atoms with Crippen molar-refractivity contribution in [2.24, 2.45) is 5.92 Å². The number of aryl methyl sites for hydroxylation is 1. The van der Waals surface area contributed by atoms with Gasteiger partial charge in [-0.05, 0) is 38.8 Å². The van der Waals surface area contributed by atoms with E-state index in [0.717, 1.165) is 41.6 Å². The Balaban J connectivity index is 1.57. The van der Waals surface area contributed by atoms with E-state index in [2.05, 4.69) is 37.5 Å². The Hall–Kier alpha value is -3.75. The number of amides is 1. The maximum absolute atomic E-state index is 12.6. The lowest BCUT2D eigenvalue weighted by Crippen LogP contribution is -2.31. The number of hydrogen-bond donors (Lipinski definition) is 2. The number of pyridine rings is 1. The van der Waals surface area contributed by atoms with Gasteiger partial charge >= 0.3 is 0 Å². The van der Waals surface area contributed by atoms with Crippen molar-refractivity contribution in [3.05, 3.63) is 47.7 Å². The fourth-order valence-corrected chi connectivity index (χ4v) is 4.18. The lowest BCUT2D eigenvalue weighted by molar-refractivity contribution is -0.117. The molecule has 1 aromatic carbocycles. The molecule has 0 saturated heterocycles. The maximum atomic E-state index is 12.6. The molecule has 1 aliphatic heterocycles. The highest BCUT2D eigenvalue weighted by Crippen LogP contribution is 2.42. The molecular weight excluding hydrogens is 418 g/mol. The number of carbonyl (C=O) groups is 2. The van der Waals surface area contributed by atoms with Crippen LogP contribution in [-0.2, 0) is 4.79 Å². The quantitative estimate of drug-likeness (QED) is 0.549. The number of hydrogen-bond acceptors (Lipinski definition) is 7. The molecule has 5 rings (SSSR count). The molecule has 170 valence electrons. The van der Waals surface area contributed by atoms with Crippen LogP contribution in [0.15, 0.2) is 30.5 Å². The van der Waals surface area contributed by atoms with Gasteiger partial charge in [0.25, 0.3) is 0 Å². The van der Waals surface area contributed by atoms with E-state index < -0.39 is 0 Å². The number of anilines is 4. The van der Waals surface area contributed by atoms with Gasteiger partial charge < -0.3 is 15.5 Å². The number of nitrogens with zero attached hydrogens (tertiary/aromatic N) is 5. The van der Waals surface area contributed by atoms with Crippen LogP contribution in [0, 0.1) is 12.8 Å². The predicted octanol–water partition coefficient (Wildman–Crippen LogP) is 4.17. The van der Waals surface area contributed by atoms with E-state index in [4.69, 9.17) is 0 Å². The molecule has 1 fully saturated rings. The molecule has 3 heterocycles. The summed E-state index contributed by atoms with van der Waals surface area (Å²) in [6, 6.07) is 7.68. The summed E-state index contributed by atoms with van der Waals surface area (Å²) in [6.45, 7) is 5.80. The minimum Gasteiger partial charge on any atom is -0.361 e. The van der Waals surface area contributed by atoms with Crippen molar-refractivity contribution in [1.82, 2.24) is 19.7 Å². The summed E-state index contributed by atoms with van der Waals surface area (Å²) in [5.41, 5.74) is 3.80. The average Bonchev–Trinajstić information content (AvgIpc) is 3.58. The first kappa shape index (κ1) is 21.1. The molecule has 33 heavy (non-hydrogen) atoms. The first-order valence-corrected chi connectivity index (χ1v) is 11.3. The largest absolute Gasteiger partial charge is 0.361 e. The van der Waals surface area contributed by atoms with Gasteiger partial charge in [-0.3, -0.25) is 9.59 Å². The number of aromatic nitrogens is 4. The third kappa shape index (κ3) is 3.73. The molecule has 1 aliphatic carbocycles. The Morgan fingerprint density at radius 2 is 2.00 bits per heavy atom. The molecule has 1 saturated carbocycles. The number of Topliss-reactive ketones (excluding diaryl/α,β-unsaturated/α-hetero) is 1. The zero-order chi connectivity index (χ0) is 23.3. The van der Waals surface area contributed by atoms with Crippen LogP contribution in [0.5, 0.6) is 0 Å². The molecule has 9 nitrogen and oxygen atoms in total. The lowest BCUT2D eigenvalue weighted by Gasteiger charge is -2.35. The monoisotopic (exact) mass is 445 g/mol. The minimum absolute atomic E-state index is 0.0178. The fourth-order valence-electron chi connectivity index (χ4n) is 4.18. The summed E-state index contributed by atoms with van der Waals surface area (Å²) < 4.78 is 1.88. The molecule has 1 amide bonds. The van der Waals surface area contributed by atoms with Crippen molar-refractivity contribution in [3.8, 4) is 5.69 Å². The van der Waals surface area contributed by atoms with Crippen LogP contribution < -0.4 is 15.5 Å². The number of fused-ring (bicyclic) bond motifs is 3. The molecule has 0 radical (unpaired) electrons. The van der Waals surface area contributed by atoms with Crippen LogP contribution in [0.1, 0.15) is 61.2 Å². The summed E-state index contributed by atoms with van der Waals surface area (Å²) in [5.74, 6) is 2.06. The van der Waals surface area contributed by atoms with Crippen LogP contribution >= 0.6 is 0 Å². The Labute approximate surface area is 192 Å².